The summed E-state index contributed by atoms with van der Waals surface area (Å²) in [5, 5.41) is 19.6. The predicted molar refractivity (Wildman–Crippen MR) is 104 cm³/mol. The van der Waals surface area contributed by atoms with Crippen molar-refractivity contribution in [1.82, 2.24) is 9.80 Å². The first-order valence-electron chi connectivity index (χ1n) is 9.83. The minimum atomic E-state index is -1.26. The number of rotatable bonds is 10. The maximum atomic E-state index is 12.7. The molecule has 0 aliphatic heterocycles. The third-order valence-corrected chi connectivity index (χ3v) is 5.67. The lowest BCUT2D eigenvalue weighted by atomic mass is 9.53. The van der Waals surface area contributed by atoms with Gasteiger partial charge in [0.2, 0.25) is 0 Å². The van der Waals surface area contributed by atoms with Crippen molar-refractivity contribution in [3.05, 3.63) is 12.2 Å². The molecule has 1 fully saturated rings. The number of allylic oxidation sites excluding steroid dienone is 2. The highest BCUT2D eigenvalue weighted by Gasteiger charge is 2.61. The Balaban J connectivity index is 2.28. The summed E-state index contributed by atoms with van der Waals surface area (Å²) in [6.45, 7) is 1.01. The summed E-state index contributed by atoms with van der Waals surface area (Å²) < 4.78 is 10.5. The van der Waals surface area contributed by atoms with E-state index in [1.165, 1.54) is 12.2 Å². The molecule has 0 radical (unpaired) electrons. The Morgan fingerprint density at radius 2 is 1.03 bits per heavy atom. The smallest absolute Gasteiger partial charge is 0.310 e. The standard InChI is InChI=1S/C20H30N2O8/c1-21(2)7-9-29-19(27)15-11-5-6-12(13(15)17(23)24)16(14(11)18(25)26)20(28)30-10-8-22(3)4/h5-6,11-16H,7-10H2,1-4H3,(H,23,24)(H,25,26)/t11-,12-,13-,14+,15+,16+/m0/s1. The van der Waals surface area contributed by atoms with Crippen LogP contribution in [0, 0.1) is 35.5 Å². The third-order valence-electron chi connectivity index (χ3n) is 5.67. The van der Waals surface area contributed by atoms with E-state index in [9.17, 15) is 29.4 Å². The number of carbonyl (C=O) groups is 4. The second-order valence-electron chi connectivity index (χ2n) is 8.26. The predicted octanol–water partition coefficient (Wildman–Crippen LogP) is -0.354. The third kappa shape index (κ3) is 5.17. The molecule has 0 aromatic carbocycles. The highest BCUT2D eigenvalue weighted by molar-refractivity contribution is 5.89. The topological polar surface area (TPSA) is 134 Å². The number of aliphatic carboxylic acids is 2. The van der Waals surface area contributed by atoms with Crippen LogP contribution in [0.4, 0.5) is 0 Å². The number of carboxylic acids is 2. The van der Waals surface area contributed by atoms with Gasteiger partial charge in [0.15, 0.2) is 0 Å². The molecule has 0 unspecified atom stereocenters. The van der Waals surface area contributed by atoms with Gasteiger partial charge in [-0.05, 0) is 28.2 Å². The molecule has 3 aliphatic rings. The summed E-state index contributed by atoms with van der Waals surface area (Å²) in [6, 6.07) is 0. The molecule has 0 aromatic heterocycles. The molecule has 0 heterocycles. The van der Waals surface area contributed by atoms with Crippen LogP contribution in [0.3, 0.4) is 0 Å². The van der Waals surface area contributed by atoms with Gasteiger partial charge in [-0.15, -0.1) is 0 Å². The van der Waals surface area contributed by atoms with Gasteiger partial charge in [0.1, 0.15) is 13.2 Å². The van der Waals surface area contributed by atoms with Crippen molar-refractivity contribution in [1.29, 1.82) is 0 Å². The zero-order chi connectivity index (χ0) is 22.6. The molecular weight excluding hydrogens is 396 g/mol. The fourth-order valence-corrected chi connectivity index (χ4v) is 4.23. The monoisotopic (exact) mass is 426 g/mol. The van der Waals surface area contributed by atoms with Gasteiger partial charge in [-0.2, -0.15) is 0 Å². The van der Waals surface area contributed by atoms with Gasteiger partial charge in [0, 0.05) is 24.9 Å². The van der Waals surface area contributed by atoms with Crippen LogP contribution in [0.1, 0.15) is 0 Å². The molecule has 3 rings (SSSR count). The number of fused-ring (bicyclic) bond motifs is 2. The SMILES string of the molecule is CN(C)CCOC(=O)[C@@H]1[C@H]2C=C[C@@H]([C@H]1C(=O)O)[C@@H](C(=O)OCCN(C)C)[C@H]2C(=O)O. The number of nitrogens with zero attached hydrogens (tertiary/aromatic N) is 2. The van der Waals surface area contributed by atoms with Gasteiger partial charge < -0.3 is 29.5 Å². The zero-order valence-corrected chi connectivity index (χ0v) is 17.7. The van der Waals surface area contributed by atoms with E-state index in [4.69, 9.17) is 9.47 Å². The molecule has 168 valence electrons. The van der Waals surface area contributed by atoms with Crippen LogP contribution in [0.25, 0.3) is 0 Å². The number of hydrogen-bond donors (Lipinski definition) is 2. The summed E-state index contributed by atoms with van der Waals surface area (Å²) in [5.41, 5.74) is 0. The Hall–Kier alpha value is -2.46. The quantitative estimate of drug-likeness (QED) is 0.352. The number of likely N-dealkylation sites (N-methyl/N-ethyl adjacent to an activating group) is 2. The molecule has 30 heavy (non-hydrogen) atoms. The number of ether oxygens (including phenoxy) is 2. The normalized spacial score (nSPS) is 29.8. The lowest BCUT2D eigenvalue weighted by molar-refractivity contribution is -0.182. The molecule has 1 saturated carbocycles. The van der Waals surface area contributed by atoms with E-state index in [2.05, 4.69) is 0 Å². The Bertz CT molecular complexity index is 647. The van der Waals surface area contributed by atoms with Gasteiger partial charge in [-0.3, -0.25) is 19.2 Å². The van der Waals surface area contributed by atoms with E-state index in [1.54, 1.807) is 38.0 Å². The lowest BCUT2D eigenvalue weighted by Crippen LogP contribution is -2.58. The Morgan fingerprint density at radius 1 is 0.700 bits per heavy atom. The van der Waals surface area contributed by atoms with Gasteiger partial charge in [-0.1, -0.05) is 12.2 Å². The lowest BCUT2D eigenvalue weighted by Gasteiger charge is -2.48. The molecule has 10 nitrogen and oxygen atoms in total. The molecule has 0 amide bonds. The Kier molecular flexibility index (Phi) is 7.96. The van der Waals surface area contributed by atoms with Gasteiger partial charge >= 0.3 is 23.9 Å². The molecule has 0 saturated heterocycles. The van der Waals surface area contributed by atoms with Crippen molar-refractivity contribution < 1.29 is 38.9 Å². The first-order valence-corrected chi connectivity index (χ1v) is 9.83. The summed E-state index contributed by atoms with van der Waals surface area (Å²) >= 11 is 0. The van der Waals surface area contributed by atoms with Crippen molar-refractivity contribution in [2.45, 2.75) is 0 Å². The average molecular weight is 426 g/mol. The maximum absolute atomic E-state index is 12.7. The first-order chi connectivity index (χ1) is 14.1. The van der Waals surface area contributed by atoms with Crippen molar-refractivity contribution in [3.8, 4) is 0 Å². The molecule has 2 bridgehead atoms. The van der Waals surface area contributed by atoms with Gasteiger partial charge in [0.05, 0.1) is 23.7 Å². The fourth-order valence-electron chi connectivity index (χ4n) is 4.23. The van der Waals surface area contributed by atoms with E-state index < -0.39 is 59.4 Å². The summed E-state index contributed by atoms with van der Waals surface area (Å²) in [4.78, 5) is 53.1. The summed E-state index contributed by atoms with van der Waals surface area (Å²) in [5.74, 6) is -10.8. The molecule has 0 spiro atoms. The Morgan fingerprint density at radius 3 is 1.30 bits per heavy atom. The molecule has 10 heteroatoms. The minimum Gasteiger partial charge on any atom is -0.481 e. The van der Waals surface area contributed by atoms with Gasteiger partial charge in [-0.25, -0.2) is 0 Å². The van der Waals surface area contributed by atoms with Crippen LogP contribution in [0.2, 0.25) is 0 Å². The summed E-state index contributed by atoms with van der Waals surface area (Å²) in [6.07, 6.45) is 3.06. The van der Waals surface area contributed by atoms with Crippen LogP contribution in [-0.2, 0) is 28.7 Å². The minimum absolute atomic E-state index is 0.0590. The van der Waals surface area contributed by atoms with Crippen LogP contribution in [0.5, 0.6) is 0 Å². The highest BCUT2D eigenvalue weighted by atomic mass is 16.5. The maximum Gasteiger partial charge on any atom is 0.310 e. The second-order valence-corrected chi connectivity index (χ2v) is 8.26. The van der Waals surface area contributed by atoms with E-state index in [0.717, 1.165) is 0 Å². The van der Waals surface area contributed by atoms with Crippen LogP contribution >= 0.6 is 0 Å². The van der Waals surface area contributed by atoms with E-state index in [-0.39, 0.29) is 13.2 Å². The number of carboxylic acid groups (broad SMARTS) is 2. The number of esters is 2. The molecule has 2 N–H and O–H groups in total. The Labute approximate surface area is 175 Å². The first kappa shape index (κ1) is 23.8. The fraction of sp³-hybridized carbons (Fsp3) is 0.700. The van der Waals surface area contributed by atoms with Crippen LogP contribution < -0.4 is 0 Å². The summed E-state index contributed by atoms with van der Waals surface area (Å²) in [7, 11) is 7.19. The molecule has 6 atom stereocenters. The largest absolute Gasteiger partial charge is 0.481 e. The van der Waals surface area contributed by atoms with Crippen molar-refractivity contribution in [2.75, 3.05) is 54.5 Å². The van der Waals surface area contributed by atoms with Crippen LogP contribution in [0.15, 0.2) is 12.2 Å². The average Bonchev–Trinajstić information content (AvgIpc) is 2.65. The van der Waals surface area contributed by atoms with E-state index >= 15 is 0 Å². The number of carbonyl (C=O) groups excluding carboxylic acids is 2. The molecule has 0 aromatic rings. The van der Waals surface area contributed by atoms with E-state index in [1.807, 2.05) is 0 Å². The van der Waals surface area contributed by atoms with E-state index in [0.29, 0.717) is 13.1 Å². The zero-order valence-electron chi connectivity index (χ0n) is 17.7. The molecule has 3 aliphatic carbocycles. The van der Waals surface area contributed by atoms with Gasteiger partial charge in [0.25, 0.3) is 0 Å². The van der Waals surface area contributed by atoms with Crippen LogP contribution in [-0.4, -0.2) is 98.4 Å². The van der Waals surface area contributed by atoms with Crippen molar-refractivity contribution in [2.24, 2.45) is 35.5 Å². The molecular formula is C20H30N2O8. The van der Waals surface area contributed by atoms with Crippen molar-refractivity contribution in [3.63, 3.8) is 0 Å². The second kappa shape index (κ2) is 10.0. The number of hydrogen-bond acceptors (Lipinski definition) is 8. The highest BCUT2D eigenvalue weighted by Crippen LogP contribution is 2.52. The van der Waals surface area contributed by atoms with Crippen molar-refractivity contribution >= 4 is 23.9 Å².